The summed E-state index contributed by atoms with van der Waals surface area (Å²) in [5.74, 6) is -4.39. The maximum absolute atomic E-state index is 13.6. The van der Waals surface area contributed by atoms with E-state index in [2.05, 4.69) is 0 Å². The molecule has 0 amide bonds. The Bertz CT molecular complexity index is 3080. The summed E-state index contributed by atoms with van der Waals surface area (Å²) in [4.78, 5) is 78.7. The molecular formula is C72H100O30. The number of hydrogen-bond donors (Lipinski definition) is 14. The maximum atomic E-state index is 13.6. The Morgan fingerprint density at radius 3 is 1.09 bits per heavy atom. The van der Waals surface area contributed by atoms with Crippen LogP contribution in [0.15, 0.2) is 130 Å². The van der Waals surface area contributed by atoms with E-state index < -0.39 is 233 Å². The predicted molar refractivity (Wildman–Crippen MR) is 356 cm³/mol. The van der Waals surface area contributed by atoms with Gasteiger partial charge in [0.2, 0.25) is 0 Å². The fourth-order valence-corrected chi connectivity index (χ4v) is 12.2. The number of carbonyl (C=O) groups is 6. The minimum absolute atomic E-state index is 0.157. The zero-order chi connectivity index (χ0) is 75.8. The summed E-state index contributed by atoms with van der Waals surface area (Å²) >= 11 is 0. The van der Waals surface area contributed by atoms with E-state index in [4.69, 9.17) is 47.4 Å². The molecule has 568 valence electrons. The molecule has 22 unspecified atom stereocenters. The molecule has 4 fully saturated rings. The molecule has 6 rings (SSSR count). The molecule has 22 atom stereocenters. The molecule has 4 heterocycles. The standard InChI is InChI=1S/C72H100O30/c1-35(17-13-19-37(3)21-23-41-39(5)53(79)43(29-71(41,7)8)95-51(77)27-25-49(75)93-33-47-65(59(85)61(87)67(91)97-47)101-69-63(89)57(83)55(81)45(31-73)99-69)15-11-12-16-36(2)18-14-20-38(4)22-24-42-40(6)54(80)44(30-72(42,9)10)96-52(78)28-26-50(76)94-34-48-66(60(86)62(88)68(92)98-48)102-70-64(90)58(84)56(82)46(32-74)100-70/h11-24,43-48,55-70,73-74,81-92H,25-34H2,1-10H3/b12-11+,17-13+,18-14+,23-21+,24-22+,35-15+,36-16+,37-19+,38-20+. The van der Waals surface area contributed by atoms with Gasteiger partial charge < -0.3 is 119 Å². The fraction of sp³-hybridized carbons (Fsp3) is 0.611. The SMILES string of the molecule is CC1=C(/C=C/C(C)=C/C=C/C(C)=C/C=C/C=C(C)/C=C/C=C(C)/C=C/C2=C(C)C(=O)C(OC(=O)CCC(=O)OCC3OC(O)C(O)C(O)C3OC3OC(CO)C(O)C(O)C3O)CC2(C)C)C(C)(C)CC(OC(=O)CCC(=O)OCC2OC(O)C(O)C(O)C2OC2OC(CO)C(O)C(O)C2O)C1=O. The summed E-state index contributed by atoms with van der Waals surface area (Å²) in [6.07, 6.45) is -12.3. The maximum Gasteiger partial charge on any atom is 0.307 e. The van der Waals surface area contributed by atoms with Crippen molar-refractivity contribution in [3.05, 3.63) is 130 Å². The van der Waals surface area contributed by atoms with Crippen molar-refractivity contribution < 1.29 is 148 Å². The molecule has 6 aliphatic rings. The molecule has 30 nitrogen and oxygen atoms in total. The Balaban J connectivity index is 0.913. The van der Waals surface area contributed by atoms with E-state index in [0.29, 0.717) is 11.1 Å². The number of carbonyl (C=O) groups excluding carboxylic acids is 6. The minimum atomic E-state index is -1.96. The average molecular weight is 1450 g/mol. The van der Waals surface area contributed by atoms with Crippen LogP contribution in [0.3, 0.4) is 0 Å². The molecule has 0 bridgehead atoms. The van der Waals surface area contributed by atoms with Crippen molar-refractivity contribution >= 4 is 35.4 Å². The molecule has 0 aromatic carbocycles. The van der Waals surface area contributed by atoms with Gasteiger partial charge >= 0.3 is 23.9 Å². The van der Waals surface area contributed by atoms with E-state index in [-0.39, 0.29) is 12.8 Å². The van der Waals surface area contributed by atoms with Crippen LogP contribution in [0.1, 0.15) is 108 Å². The fourth-order valence-electron chi connectivity index (χ4n) is 12.2. The first-order chi connectivity index (χ1) is 47.9. The van der Waals surface area contributed by atoms with Gasteiger partial charge in [0, 0.05) is 12.8 Å². The Labute approximate surface area is 590 Å². The molecule has 102 heavy (non-hydrogen) atoms. The number of ketones is 2. The van der Waals surface area contributed by atoms with Gasteiger partial charge in [-0.15, -0.1) is 0 Å². The van der Waals surface area contributed by atoms with Gasteiger partial charge in [-0.2, -0.15) is 0 Å². The molecule has 30 heteroatoms. The molecule has 0 saturated carbocycles. The Kier molecular flexibility index (Phi) is 31.5. The first kappa shape index (κ1) is 84.5. The average Bonchev–Trinajstić information content (AvgIpc) is 0.795. The van der Waals surface area contributed by atoms with Crippen molar-refractivity contribution in [3.63, 3.8) is 0 Å². The molecule has 0 aromatic heterocycles. The monoisotopic (exact) mass is 1440 g/mol. The summed E-state index contributed by atoms with van der Waals surface area (Å²) in [5, 5.41) is 143. The van der Waals surface area contributed by atoms with Crippen molar-refractivity contribution in [2.24, 2.45) is 10.8 Å². The Hall–Kier alpha value is -6.44. The van der Waals surface area contributed by atoms with Crippen LogP contribution >= 0.6 is 0 Å². The van der Waals surface area contributed by atoms with Crippen LogP contribution in [0.4, 0.5) is 0 Å². The molecule has 4 aliphatic heterocycles. The van der Waals surface area contributed by atoms with Gasteiger partial charge in [0.05, 0.1) is 38.9 Å². The van der Waals surface area contributed by atoms with E-state index in [1.807, 2.05) is 140 Å². The number of allylic oxidation sites excluding steroid dienone is 20. The lowest BCUT2D eigenvalue weighted by Gasteiger charge is -2.45. The normalized spacial score (nSPS) is 35.3. The lowest BCUT2D eigenvalue weighted by Crippen LogP contribution is -2.64. The van der Waals surface area contributed by atoms with Crippen molar-refractivity contribution in [2.45, 2.75) is 243 Å². The van der Waals surface area contributed by atoms with E-state index >= 15 is 0 Å². The van der Waals surface area contributed by atoms with Crippen LogP contribution in [0.25, 0.3) is 0 Å². The van der Waals surface area contributed by atoms with E-state index in [0.717, 1.165) is 33.4 Å². The van der Waals surface area contributed by atoms with Gasteiger partial charge in [-0.25, -0.2) is 0 Å². The number of aliphatic hydroxyl groups excluding tert-OH is 14. The Morgan fingerprint density at radius 2 is 0.745 bits per heavy atom. The third kappa shape index (κ3) is 22.5. The number of rotatable bonds is 28. The summed E-state index contributed by atoms with van der Waals surface area (Å²) in [6, 6.07) is 0. The highest BCUT2D eigenvalue weighted by Crippen LogP contribution is 2.43. The number of esters is 4. The molecule has 14 N–H and O–H groups in total. The highest BCUT2D eigenvalue weighted by Gasteiger charge is 2.53. The molecule has 2 aliphatic carbocycles. The van der Waals surface area contributed by atoms with Crippen molar-refractivity contribution in [1.29, 1.82) is 0 Å². The highest BCUT2D eigenvalue weighted by molar-refractivity contribution is 6.02. The number of hydrogen-bond acceptors (Lipinski definition) is 30. The van der Waals surface area contributed by atoms with Crippen molar-refractivity contribution in [3.8, 4) is 0 Å². The molecular weight excluding hydrogens is 1340 g/mol. The van der Waals surface area contributed by atoms with Gasteiger partial charge in [-0.05, 0) is 74.7 Å². The first-order valence-corrected chi connectivity index (χ1v) is 33.5. The van der Waals surface area contributed by atoms with Gasteiger partial charge in [0.1, 0.15) is 111 Å². The zero-order valence-electron chi connectivity index (χ0n) is 58.6. The third-order valence-corrected chi connectivity index (χ3v) is 18.3. The largest absolute Gasteiger partial charge is 0.463 e. The Morgan fingerprint density at radius 1 is 0.422 bits per heavy atom. The quantitative estimate of drug-likeness (QED) is 0.0276. The predicted octanol–water partition coefficient (Wildman–Crippen LogP) is -0.0978. The summed E-state index contributed by atoms with van der Waals surface area (Å²) in [5.41, 5.74) is 4.83. The lowest BCUT2D eigenvalue weighted by molar-refractivity contribution is -0.355. The second kappa shape index (κ2) is 38.0. The van der Waals surface area contributed by atoms with Gasteiger partial charge in [0.25, 0.3) is 0 Å². The molecule has 0 radical (unpaired) electrons. The smallest absolute Gasteiger partial charge is 0.307 e. The molecule has 0 aromatic rings. The lowest BCUT2D eigenvalue weighted by atomic mass is 9.71. The van der Waals surface area contributed by atoms with E-state index in [9.17, 15) is 100 Å². The van der Waals surface area contributed by atoms with Crippen LogP contribution in [-0.2, 0) is 76.1 Å². The molecule has 4 saturated heterocycles. The summed E-state index contributed by atoms with van der Waals surface area (Å²) in [6.45, 7) is 15.7. The third-order valence-electron chi connectivity index (χ3n) is 18.3. The second-order valence-corrected chi connectivity index (χ2v) is 27.4. The zero-order valence-corrected chi connectivity index (χ0v) is 58.6. The topological polar surface area (TPSA) is 478 Å². The van der Waals surface area contributed by atoms with Crippen molar-refractivity contribution in [1.82, 2.24) is 0 Å². The summed E-state index contributed by atoms with van der Waals surface area (Å²) < 4.78 is 53.9. The first-order valence-electron chi connectivity index (χ1n) is 33.5. The number of aliphatic hydroxyl groups is 14. The van der Waals surface area contributed by atoms with Gasteiger partial charge in [-0.3, -0.25) is 28.8 Å². The van der Waals surface area contributed by atoms with Crippen LogP contribution in [-0.4, -0.2) is 268 Å². The van der Waals surface area contributed by atoms with E-state index in [1.165, 1.54) is 0 Å². The number of Topliss-reactive ketones (excluding diaryl/α,β-unsaturated/α-hetero) is 2. The minimum Gasteiger partial charge on any atom is -0.463 e. The van der Waals surface area contributed by atoms with Crippen LogP contribution in [0.5, 0.6) is 0 Å². The van der Waals surface area contributed by atoms with Gasteiger partial charge in [-0.1, -0.05) is 135 Å². The highest BCUT2D eigenvalue weighted by atomic mass is 16.7. The van der Waals surface area contributed by atoms with Crippen LogP contribution < -0.4 is 0 Å². The van der Waals surface area contributed by atoms with E-state index in [1.54, 1.807) is 13.8 Å². The second-order valence-electron chi connectivity index (χ2n) is 27.4. The van der Waals surface area contributed by atoms with Crippen LogP contribution in [0, 0.1) is 10.8 Å². The number of ether oxygens (including phenoxy) is 10. The van der Waals surface area contributed by atoms with Crippen LogP contribution in [0.2, 0.25) is 0 Å². The molecule has 0 spiro atoms. The van der Waals surface area contributed by atoms with Gasteiger partial charge in [0.15, 0.2) is 48.9 Å². The summed E-state index contributed by atoms with van der Waals surface area (Å²) in [7, 11) is 0. The van der Waals surface area contributed by atoms with Crippen molar-refractivity contribution in [2.75, 3.05) is 26.4 Å².